The van der Waals surface area contributed by atoms with Crippen LogP contribution in [0.3, 0.4) is 0 Å². The van der Waals surface area contributed by atoms with E-state index >= 15 is 0 Å². The van der Waals surface area contributed by atoms with Crippen LogP contribution in [0.5, 0.6) is 0 Å². The molecular weight excluding hydrogens is 254 g/mol. The van der Waals surface area contributed by atoms with Gasteiger partial charge in [0.05, 0.1) is 22.9 Å². The second kappa shape index (κ2) is 5.08. The highest BCUT2D eigenvalue weighted by molar-refractivity contribution is 5.79. The molecule has 0 bridgehead atoms. The summed E-state index contributed by atoms with van der Waals surface area (Å²) in [6, 6.07) is 8.29. The van der Waals surface area contributed by atoms with Gasteiger partial charge in [0.2, 0.25) is 0 Å². The third kappa shape index (κ3) is 3.00. The van der Waals surface area contributed by atoms with Crippen LogP contribution in [0.1, 0.15) is 5.76 Å². The average Bonchev–Trinajstić information content (AvgIpc) is 2.85. The minimum Gasteiger partial charge on any atom is -0.400 e. The highest BCUT2D eigenvalue weighted by Crippen LogP contribution is 2.20. The summed E-state index contributed by atoms with van der Waals surface area (Å²) in [5.74, 6) is -0.196. The summed E-state index contributed by atoms with van der Waals surface area (Å²) >= 11 is 0. The van der Waals surface area contributed by atoms with Crippen LogP contribution in [0.4, 0.5) is 17.3 Å². The Kier molecular flexibility index (Phi) is 3.33. The molecule has 1 aromatic carbocycles. The molecule has 8 heteroatoms. The van der Waals surface area contributed by atoms with E-state index in [0.29, 0.717) is 5.69 Å². The molecule has 0 radical (unpaired) electrons. The summed E-state index contributed by atoms with van der Waals surface area (Å²) in [5.41, 5.74) is 0.272. The van der Waals surface area contributed by atoms with Gasteiger partial charge >= 0.3 is 5.88 Å². The molecule has 19 heavy (non-hydrogen) atoms. The second-order valence-corrected chi connectivity index (χ2v) is 3.47. The average molecular weight is 261 g/mol. The third-order valence-corrected chi connectivity index (χ3v) is 2.17. The Bertz CT molecular complexity index is 662. The van der Waals surface area contributed by atoms with Crippen molar-refractivity contribution in [2.75, 3.05) is 0 Å². The van der Waals surface area contributed by atoms with E-state index in [1.807, 2.05) is 0 Å². The number of rotatable bonds is 4. The van der Waals surface area contributed by atoms with Gasteiger partial charge in [0, 0.05) is 12.1 Å². The van der Waals surface area contributed by atoms with Gasteiger partial charge in [-0.25, -0.2) is 0 Å². The fraction of sp³-hybridized carbons (Fsp3) is 0. The lowest BCUT2D eigenvalue weighted by Gasteiger charge is -1.93. The summed E-state index contributed by atoms with van der Waals surface area (Å²) in [4.78, 5) is 23.7. The van der Waals surface area contributed by atoms with Crippen LogP contribution < -0.4 is 0 Å². The molecule has 0 fully saturated rings. The molecule has 0 N–H and O–H groups in total. The zero-order chi connectivity index (χ0) is 13.8. The maximum atomic E-state index is 10.6. The fourth-order valence-corrected chi connectivity index (χ4v) is 1.33. The van der Waals surface area contributed by atoms with Crippen molar-refractivity contribution < 1.29 is 14.3 Å². The minimum atomic E-state index is -0.662. The summed E-state index contributed by atoms with van der Waals surface area (Å²) in [7, 11) is 0. The Balaban J connectivity index is 2.19. The third-order valence-electron chi connectivity index (χ3n) is 2.17. The zero-order valence-electron chi connectivity index (χ0n) is 9.42. The van der Waals surface area contributed by atoms with Crippen LogP contribution in [0.25, 0.3) is 0 Å². The van der Waals surface area contributed by atoms with E-state index in [1.165, 1.54) is 36.5 Å². The second-order valence-electron chi connectivity index (χ2n) is 3.47. The van der Waals surface area contributed by atoms with Crippen LogP contribution in [-0.4, -0.2) is 16.1 Å². The number of hydrogen-bond donors (Lipinski definition) is 0. The van der Waals surface area contributed by atoms with Gasteiger partial charge < -0.3 is 4.42 Å². The van der Waals surface area contributed by atoms with E-state index in [-0.39, 0.29) is 17.3 Å². The van der Waals surface area contributed by atoms with Gasteiger partial charge in [-0.15, -0.1) is 0 Å². The molecule has 0 aliphatic carbocycles. The molecule has 2 rings (SSSR count). The van der Waals surface area contributed by atoms with Gasteiger partial charge in [0.25, 0.3) is 5.69 Å². The number of hydrogen-bond acceptors (Lipinski definition) is 6. The van der Waals surface area contributed by atoms with E-state index in [2.05, 4.69) is 4.99 Å². The monoisotopic (exact) mass is 261 g/mol. The molecule has 0 amide bonds. The number of nitro benzene ring substituents is 1. The normalized spacial score (nSPS) is 10.7. The highest BCUT2D eigenvalue weighted by atomic mass is 16.6. The number of benzene rings is 1. The van der Waals surface area contributed by atoms with Gasteiger partial charge in [0.1, 0.15) is 4.92 Å². The highest BCUT2D eigenvalue weighted by Gasteiger charge is 2.10. The first kappa shape index (κ1) is 12.4. The Labute approximate surface area is 106 Å². The van der Waals surface area contributed by atoms with Gasteiger partial charge in [-0.2, -0.15) is 0 Å². The first-order valence-electron chi connectivity index (χ1n) is 5.09. The quantitative estimate of drug-likeness (QED) is 0.477. The molecule has 0 atom stereocenters. The molecule has 0 aliphatic heterocycles. The summed E-state index contributed by atoms with van der Waals surface area (Å²) in [5, 5.41) is 21.0. The van der Waals surface area contributed by atoms with E-state index in [9.17, 15) is 20.2 Å². The van der Waals surface area contributed by atoms with Gasteiger partial charge in [-0.3, -0.25) is 25.2 Å². The van der Waals surface area contributed by atoms with Crippen LogP contribution in [0.15, 0.2) is 45.8 Å². The van der Waals surface area contributed by atoms with Gasteiger partial charge in [-0.05, 0) is 12.1 Å². The Morgan fingerprint density at radius 3 is 2.53 bits per heavy atom. The molecule has 96 valence electrons. The Morgan fingerprint density at radius 1 is 1.11 bits per heavy atom. The van der Waals surface area contributed by atoms with Crippen LogP contribution in [0.2, 0.25) is 0 Å². The first-order chi connectivity index (χ1) is 9.06. The Morgan fingerprint density at radius 2 is 1.89 bits per heavy atom. The standard InChI is InChI=1S/C11H7N3O5/c15-13(16)9-3-1-2-8(6-9)12-7-10-4-5-11(19-10)14(17)18/h1-7H. The van der Waals surface area contributed by atoms with E-state index in [0.717, 1.165) is 0 Å². The maximum Gasteiger partial charge on any atom is 0.433 e. The molecule has 0 aliphatic rings. The van der Waals surface area contributed by atoms with Crippen molar-refractivity contribution in [2.24, 2.45) is 4.99 Å². The largest absolute Gasteiger partial charge is 0.433 e. The van der Waals surface area contributed by atoms with E-state index in [1.54, 1.807) is 6.07 Å². The summed E-state index contributed by atoms with van der Waals surface area (Å²) in [6.45, 7) is 0. The molecule has 0 unspecified atom stereocenters. The number of furan rings is 1. The summed E-state index contributed by atoms with van der Waals surface area (Å²) < 4.78 is 4.86. The van der Waals surface area contributed by atoms with Crippen molar-refractivity contribution in [3.8, 4) is 0 Å². The van der Waals surface area contributed by atoms with Crippen LogP contribution in [-0.2, 0) is 0 Å². The lowest BCUT2D eigenvalue weighted by atomic mass is 10.3. The molecule has 1 aromatic heterocycles. The molecule has 2 aromatic rings. The maximum absolute atomic E-state index is 10.6. The molecule has 8 nitrogen and oxygen atoms in total. The lowest BCUT2D eigenvalue weighted by Crippen LogP contribution is -1.86. The molecular formula is C11H7N3O5. The number of nitrogens with zero attached hydrogens (tertiary/aromatic N) is 3. The van der Waals surface area contributed by atoms with Crippen molar-refractivity contribution in [1.29, 1.82) is 0 Å². The number of nitro groups is 2. The van der Waals surface area contributed by atoms with Gasteiger partial charge in [-0.1, -0.05) is 6.07 Å². The predicted molar refractivity (Wildman–Crippen MR) is 65.7 cm³/mol. The smallest absolute Gasteiger partial charge is 0.400 e. The van der Waals surface area contributed by atoms with E-state index in [4.69, 9.17) is 4.42 Å². The van der Waals surface area contributed by atoms with Crippen molar-refractivity contribution in [3.63, 3.8) is 0 Å². The first-order valence-corrected chi connectivity index (χ1v) is 5.09. The van der Waals surface area contributed by atoms with E-state index < -0.39 is 9.85 Å². The molecule has 0 saturated heterocycles. The van der Waals surface area contributed by atoms with Crippen LogP contribution in [0, 0.1) is 20.2 Å². The van der Waals surface area contributed by atoms with Crippen molar-refractivity contribution in [2.45, 2.75) is 0 Å². The molecule has 0 saturated carbocycles. The zero-order valence-corrected chi connectivity index (χ0v) is 9.42. The van der Waals surface area contributed by atoms with Crippen LogP contribution >= 0.6 is 0 Å². The SMILES string of the molecule is O=[N+]([O-])c1cccc(N=Cc2ccc([N+](=O)[O-])o2)c1. The predicted octanol–water partition coefficient (Wildman–Crippen LogP) is 2.85. The summed E-state index contributed by atoms with van der Waals surface area (Å²) in [6.07, 6.45) is 1.26. The molecule has 0 spiro atoms. The fourth-order valence-electron chi connectivity index (χ4n) is 1.33. The Hall–Kier alpha value is -3.03. The number of non-ortho nitro benzene ring substituents is 1. The molecule has 1 heterocycles. The van der Waals surface area contributed by atoms with Crippen molar-refractivity contribution >= 4 is 23.5 Å². The minimum absolute atomic E-state index is 0.0833. The van der Waals surface area contributed by atoms with Gasteiger partial charge in [0.15, 0.2) is 5.76 Å². The lowest BCUT2D eigenvalue weighted by molar-refractivity contribution is -0.402. The van der Waals surface area contributed by atoms with Crippen molar-refractivity contribution in [1.82, 2.24) is 0 Å². The topological polar surface area (TPSA) is 112 Å². The number of aliphatic imine (C=N–C) groups is 1. The van der Waals surface area contributed by atoms with Crippen molar-refractivity contribution in [3.05, 3.63) is 62.4 Å².